The van der Waals surface area contributed by atoms with Crippen molar-refractivity contribution in [3.8, 4) is 50.6 Å². The van der Waals surface area contributed by atoms with Crippen LogP contribution in [0, 0.1) is 26.1 Å². The molecule has 10 aromatic rings. The third-order valence-corrected chi connectivity index (χ3v) is 10.0. The average Bonchev–Trinajstić information content (AvgIpc) is 3.88. The second kappa shape index (κ2) is 17.2. The van der Waals surface area contributed by atoms with Gasteiger partial charge in [0.05, 0.1) is 22.5 Å². The zero-order valence-electron chi connectivity index (χ0n) is 34.7. The van der Waals surface area contributed by atoms with Crippen LogP contribution in [-0.2, 0) is 26.5 Å². The standard InChI is InChI=1S/C41H29N2O.C12H10N.Ir/c1-28-23-34(31-15-7-3-8-16-31)40(35(24-28)32-17-9-4-10-18-32)43-38-20-12-11-19-37(38)42-41(43)36-27-44-39-26-30(21-22-33(36)39)25-29-13-5-2-6-14-29;1-10-7-8-12(13-9-10)11-5-3-2-4-6-11;/h2-24,26H,25H2,1H3;2-5,7-9H,1H3;/q2*-1;/i;1D3;. The molecule has 0 saturated heterocycles. The topological polar surface area (TPSA) is 43.9 Å². The quantitative estimate of drug-likeness (QED) is 0.150. The van der Waals surface area contributed by atoms with E-state index in [4.69, 9.17) is 13.5 Å². The molecule has 58 heavy (non-hydrogen) atoms. The fourth-order valence-corrected chi connectivity index (χ4v) is 7.35. The third-order valence-electron chi connectivity index (χ3n) is 10.0. The summed E-state index contributed by atoms with van der Waals surface area (Å²) in [5.74, 6) is 0.805. The van der Waals surface area contributed by atoms with E-state index in [-0.39, 0.29) is 25.7 Å². The van der Waals surface area contributed by atoms with E-state index in [0.717, 1.165) is 79.0 Å². The minimum Gasteiger partial charge on any atom is -0.557 e. The van der Waals surface area contributed by atoms with Gasteiger partial charge in [0.1, 0.15) is 0 Å². The van der Waals surface area contributed by atoms with Gasteiger partial charge in [0.2, 0.25) is 0 Å². The van der Waals surface area contributed by atoms with E-state index >= 15 is 0 Å². The summed E-state index contributed by atoms with van der Waals surface area (Å²) in [4.78, 5) is 9.36. The summed E-state index contributed by atoms with van der Waals surface area (Å²) in [5, 5.41) is 0.994. The molecule has 10 rings (SSSR count). The van der Waals surface area contributed by atoms with Crippen molar-refractivity contribution in [3.63, 3.8) is 0 Å². The predicted octanol–water partition coefficient (Wildman–Crippen LogP) is 13.3. The summed E-state index contributed by atoms with van der Waals surface area (Å²) in [6.07, 6.45) is 5.50. The Bertz CT molecular complexity index is 2980. The van der Waals surface area contributed by atoms with Gasteiger partial charge in [0.15, 0.2) is 0 Å². The summed E-state index contributed by atoms with van der Waals surface area (Å²) in [6, 6.07) is 64.9. The van der Waals surface area contributed by atoms with E-state index < -0.39 is 6.85 Å². The number of rotatable bonds is 7. The van der Waals surface area contributed by atoms with E-state index in [1.54, 1.807) is 18.2 Å². The molecule has 3 aromatic heterocycles. The van der Waals surface area contributed by atoms with E-state index in [1.807, 2.05) is 30.3 Å². The molecule has 0 spiro atoms. The molecule has 0 bridgehead atoms. The van der Waals surface area contributed by atoms with Crippen LogP contribution >= 0.6 is 0 Å². The van der Waals surface area contributed by atoms with Gasteiger partial charge in [-0.2, -0.15) is 0 Å². The van der Waals surface area contributed by atoms with E-state index in [0.29, 0.717) is 0 Å². The number of pyridine rings is 1. The molecule has 1 radical (unpaired) electrons. The van der Waals surface area contributed by atoms with Crippen molar-refractivity contribution in [1.29, 1.82) is 0 Å². The molecule has 0 aliphatic heterocycles. The number of fused-ring (bicyclic) bond motifs is 2. The first-order chi connectivity index (χ1) is 29.3. The van der Waals surface area contributed by atoms with Gasteiger partial charge in [0.25, 0.3) is 0 Å². The summed E-state index contributed by atoms with van der Waals surface area (Å²) in [7, 11) is 0. The third kappa shape index (κ3) is 7.96. The number of benzene rings is 7. The van der Waals surface area contributed by atoms with Gasteiger partial charge in [-0.15, -0.1) is 42.0 Å². The van der Waals surface area contributed by atoms with Crippen molar-refractivity contribution < 1.29 is 28.6 Å². The molecule has 0 unspecified atom stereocenters. The Morgan fingerprint density at radius 3 is 1.98 bits per heavy atom. The number of para-hydroxylation sites is 2. The van der Waals surface area contributed by atoms with Crippen LogP contribution in [0.2, 0.25) is 0 Å². The Morgan fingerprint density at radius 2 is 1.33 bits per heavy atom. The molecule has 7 aromatic carbocycles. The summed E-state index contributed by atoms with van der Waals surface area (Å²) in [5.41, 5.74) is 14.8. The molecule has 3 heterocycles. The van der Waals surface area contributed by atoms with Crippen molar-refractivity contribution in [2.45, 2.75) is 20.2 Å². The largest absolute Gasteiger partial charge is 0.557 e. The molecule has 4 nitrogen and oxygen atoms in total. The first-order valence-electron chi connectivity index (χ1n) is 20.4. The first-order valence-corrected chi connectivity index (χ1v) is 18.9. The normalized spacial score (nSPS) is 11.8. The van der Waals surface area contributed by atoms with Gasteiger partial charge in [-0.05, 0) is 78.0 Å². The zero-order chi connectivity index (χ0) is 41.1. The molecule has 0 fully saturated rings. The van der Waals surface area contributed by atoms with Crippen molar-refractivity contribution in [1.82, 2.24) is 14.5 Å². The van der Waals surface area contributed by atoms with Crippen LogP contribution in [0.25, 0.3) is 72.6 Å². The Labute approximate surface area is 357 Å². The van der Waals surface area contributed by atoms with Gasteiger partial charge in [-0.3, -0.25) is 4.98 Å². The number of aryl methyl sites for hydroxylation is 2. The molecular weight excluding hydrogens is 887 g/mol. The SMILES string of the molecule is Cc1cc(-c2ccccc2)c(-n2c(-c3[c-]oc4cc(Cc5ccccc5)ccc34)nc3ccccc32)c(-c2ccccc2)c1.[2H]C([2H])([2H])c1ccc(-c2[c-]cccc2)nc1.[Ir]. The van der Waals surface area contributed by atoms with Gasteiger partial charge < -0.3 is 14.0 Å². The zero-order valence-corrected chi connectivity index (χ0v) is 34.1. The molecule has 0 aliphatic rings. The van der Waals surface area contributed by atoms with E-state index in [1.165, 1.54) is 22.9 Å². The van der Waals surface area contributed by atoms with Gasteiger partial charge in [-0.25, -0.2) is 0 Å². The maximum absolute atomic E-state index is 7.23. The maximum atomic E-state index is 7.23. The van der Waals surface area contributed by atoms with Crippen LogP contribution < -0.4 is 0 Å². The van der Waals surface area contributed by atoms with Crippen LogP contribution in [-0.4, -0.2) is 14.5 Å². The molecule has 0 aliphatic carbocycles. The van der Waals surface area contributed by atoms with Gasteiger partial charge in [0, 0.05) is 53.4 Å². The Morgan fingerprint density at radius 1 is 0.655 bits per heavy atom. The van der Waals surface area contributed by atoms with E-state index in [9.17, 15) is 0 Å². The van der Waals surface area contributed by atoms with Crippen LogP contribution in [0.1, 0.15) is 26.4 Å². The van der Waals surface area contributed by atoms with Crippen LogP contribution in [0.5, 0.6) is 0 Å². The first kappa shape index (κ1) is 34.6. The smallest absolute Gasteiger partial charge is 0.0774 e. The number of hydrogen-bond donors (Lipinski definition) is 0. The minimum absolute atomic E-state index is 0. The van der Waals surface area contributed by atoms with E-state index in [2.05, 4.69) is 162 Å². The monoisotopic (exact) mass is 929 g/mol. The average molecular weight is 929 g/mol. The number of hydrogen-bond acceptors (Lipinski definition) is 3. The fraction of sp³-hybridized carbons (Fsp3) is 0.0566. The Hall–Kier alpha value is -6.65. The molecule has 0 N–H and O–H groups in total. The number of furan rings is 1. The maximum Gasteiger partial charge on any atom is 0.0774 e. The van der Waals surface area contributed by atoms with Crippen LogP contribution in [0.15, 0.2) is 193 Å². The Balaban J connectivity index is 0.000000255. The van der Waals surface area contributed by atoms with Crippen LogP contribution in [0.4, 0.5) is 0 Å². The summed E-state index contributed by atoms with van der Waals surface area (Å²) < 4.78 is 30.1. The second-order valence-electron chi connectivity index (χ2n) is 14.0. The summed E-state index contributed by atoms with van der Waals surface area (Å²) >= 11 is 0. The van der Waals surface area contributed by atoms with Crippen molar-refractivity contribution in [2.75, 3.05) is 0 Å². The second-order valence-corrected chi connectivity index (χ2v) is 14.0. The van der Waals surface area contributed by atoms with Crippen LogP contribution in [0.3, 0.4) is 0 Å². The number of nitrogens with zero attached hydrogens (tertiary/aromatic N) is 3. The number of aromatic nitrogens is 3. The molecule has 5 heteroatoms. The molecule has 0 amide bonds. The molecule has 0 saturated carbocycles. The molecular formula is C53H39IrN3O-2. The minimum atomic E-state index is -2.09. The summed E-state index contributed by atoms with van der Waals surface area (Å²) in [6.45, 7) is 0.0753. The fourth-order valence-electron chi connectivity index (χ4n) is 7.35. The molecule has 0 atom stereocenters. The number of imidazole rings is 1. The predicted molar refractivity (Wildman–Crippen MR) is 233 cm³/mol. The van der Waals surface area contributed by atoms with Crippen molar-refractivity contribution >= 4 is 22.0 Å². The van der Waals surface area contributed by atoms with Gasteiger partial charge in [-0.1, -0.05) is 144 Å². The molecule has 283 valence electrons. The van der Waals surface area contributed by atoms with Gasteiger partial charge >= 0.3 is 0 Å². The van der Waals surface area contributed by atoms with Crippen molar-refractivity contribution in [2.24, 2.45) is 0 Å². The van der Waals surface area contributed by atoms with Crippen molar-refractivity contribution in [3.05, 3.63) is 223 Å². The Kier molecular flexibility index (Phi) is 10.3.